The summed E-state index contributed by atoms with van der Waals surface area (Å²) in [6, 6.07) is 11.6. The molecule has 0 atom stereocenters. The molecule has 0 spiro atoms. The molecule has 0 saturated carbocycles. The van der Waals surface area contributed by atoms with Crippen LogP contribution in [-0.4, -0.2) is 25.0 Å². The van der Waals surface area contributed by atoms with Crippen molar-refractivity contribution >= 4 is 47.8 Å². The number of nitrogens with zero attached hydrogens (tertiary/aromatic N) is 5. The quantitative estimate of drug-likeness (QED) is 0.408. The Hall–Kier alpha value is -1.12. The van der Waals surface area contributed by atoms with Gasteiger partial charge in [0.15, 0.2) is 0 Å². The Balaban J connectivity index is 0.000000172. The van der Waals surface area contributed by atoms with Crippen LogP contribution in [0.1, 0.15) is 11.4 Å². The second-order valence-electron chi connectivity index (χ2n) is 4.10. The molecule has 0 aliphatic heterocycles. The van der Waals surface area contributed by atoms with Crippen molar-refractivity contribution in [3.05, 3.63) is 69.4 Å². The third-order valence-corrected chi connectivity index (χ3v) is 3.91. The van der Waals surface area contributed by atoms with Gasteiger partial charge in [0.1, 0.15) is 15.8 Å². The summed E-state index contributed by atoms with van der Waals surface area (Å²) in [7, 11) is 0. The predicted molar refractivity (Wildman–Crippen MR) is 95.6 cm³/mol. The Labute approximate surface area is 153 Å². The first kappa shape index (κ1) is 17.2. The van der Waals surface area contributed by atoms with Crippen LogP contribution >= 0.6 is 47.8 Å². The molecule has 0 aliphatic rings. The molecule has 0 N–H and O–H groups in total. The molecule has 114 valence electrons. The van der Waals surface area contributed by atoms with Crippen LogP contribution in [0.15, 0.2) is 58.0 Å². The summed E-state index contributed by atoms with van der Waals surface area (Å²) in [5, 5.41) is 8.79. The van der Waals surface area contributed by atoms with Gasteiger partial charge in [0.2, 0.25) is 0 Å². The summed E-state index contributed by atoms with van der Waals surface area (Å²) >= 11 is 9.88. The molecule has 0 radical (unpaired) electrons. The molecule has 3 heterocycles. The van der Waals surface area contributed by atoms with Gasteiger partial charge in [-0.1, -0.05) is 28.1 Å². The largest absolute Gasteiger partial charge is 0.245 e. The fourth-order valence-electron chi connectivity index (χ4n) is 1.53. The molecule has 5 nitrogen and oxygen atoms in total. The molecule has 0 saturated heterocycles. The zero-order valence-electron chi connectivity index (χ0n) is 11.4. The van der Waals surface area contributed by atoms with Gasteiger partial charge >= 0.3 is 0 Å². The topological polar surface area (TPSA) is 56.5 Å². The van der Waals surface area contributed by atoms with E-state index in [4.69, 9.17) is 0 Å². The Morgan fingerprint density at radius 2 is 1.36 bits per heavy atom. The maximum Gasteiger partial charge on any atom is 0.106 e. The molecule has 0 unspecified atom stereocenters. The highest BCUT2D eigenvalue weighted by Gasteiger charge is 1.97. The maximum absolute atomic E-state index is 4.26. The van der Waals surface area contributed by atoms with Crippen LogP contribution in [0, 0.1) is 0 Å². The van der Waals surface area contributed by atoms with E-state index in [2.05, 4.69) is 68.0 Å². The average Bonchev–Trinajstić information content (AvgIpc) is 3.01. The number of rotatable bonds is 3. The van der Waals surface area contributed by atoms with Crippen LogP contribution in [0.5, 0.6) is 0 Å². The van der Waals surface area contributed by atoms with E-state index in [-0.39, 0.29) is 0 Å². The lowest BCUT2D eigenvalue weighted by molar-refractivity contribution is 0.581. The molecule has 3 rings (SSSR count). The number of aromatic nitrogens is 5. The molecular formula is C14H12Br3N5. The van der Waals surface area contributed by atoms with Crippen LogP contribution < -0.4 is 0 Å². The van der Waals surface area contributed by atoms with E-state index in [1.54, 1.807) is 17.2 Å². The standard InChI is InChI=1S/C8H7BrN4.C6H5Br2N/c9-8-3-1-2-7(12-8)6-13-10-4-5-11-13;7-4-5-2-1-3-6(8)9-5/h1-5H,6H2;1-3H,4H2. The first-order valence-corrected chi connectivity index (χ1v) is 9.01. The van der Waals surface area contributed by atoms with Crippen LogP contribution in [0.25, 0.3) is 0 Å². The molecule has 3 aromatic rings. The normalized spacial score (nSPS) is 9.95. The van der Waals surface area contributed by atoms with Crippen molar-refractivity contribution < 1.29 is 0 Å². The lowest BCUT2D eigenvalue weighted by Gasteiger charge is -1.99. The lowest BCUT2D eigenvalue weighted by Crippen LogP contribution is -2.04. The first-order chi connectivity index (χ1) is 10.7. The van der Waals surface area contributed by atoms with Crippen molar-refractivity contribution in [2.24, 2.45) is 0 Å². The van der Waals surface area contributed by atoms with E-state index < -0.39 is 0 Å². The van der Waals surface area contributed by atoms with Gasteiger partial charge in [0, 0.05) is 5.33 Å². The Bertz CT molecular complexity index is 703. The summed E-state index contributed by atoms with van der Waals surface area (Å²) in [6.07, 6.45) is 3.30. The van der Waals surface area contributed by atoms with Gasteiger partial charge in [0.25, 0.3) is 0 Å². The van der Waals surface area contributed by atoms with Crippen molar-refractivity contribution in [2.75, 3.05) is 0 Å². The molecule has 0 amide bonds. The number of hydrogen-bond donors (Lipinski definition) is 0. The highest BCUT2D eigenvalue weighted by Crippen LogP contribution is 2.08. The monoisotopic (exact) mass is 487 g/mol. The van der Waals surface area contributed by atoms with Gasteiger partial charge in [-0.2, -0.15) is 15.0 Å². The summed E-state index contributed by atoms with van der Waals surface area (Å²) in [6.45, 7) is 0.604. The molecule has 3 aromatic heterocycles. The summed E-state index contributed by atoms with van der Waals surface area (Å²) < 4.78 is 1.72. The van der Waals surface area contributed by atoms with E-state index in [9.17, 15) is 0 Å². The molecule has 0 fully saturated rings. The fraction of sp³-hybridized carbons (Fsp3) is 0.143. The first-order valence-electron chi connectivity index (χ1n) is 6.30. The molecule has 0 bridgehead atoms. The summed E-state index contributed by atoms with van der Waals surface area (Å²) in [5.41, 5.74) is 1.98. The van der Waals surface area contributed by atoms with Crippen molar-refractivity contribution in [2.45, 2.75) is 11.9 Å². The SMILES string of the molecule is BrCc1cccc(Br)n1.Brc1cccc(Cn2nccn2)n1. The van der Waals surface area contributed by atoms with E-state index in [0.717, 1.165) is 25.9 Å². The van der Waals surface area contributed by atoms with E-state index >= 15 is 0 Å². The second-order valence-corrected chi connectivity index (χ2v) is 6.28. The third kappa shape index (κ3) is 5.94. The fourth-order valence-corrected chi connectivity index (χ4v) is 2.61. The smallest absolute Gasteiger partial charge is 0.106 e. The number of pyridine rings is 2. The highest BCUT2D eigenvalue weighted by molar-refractivity contribution is 9.10. The number of hydrogen-bond acceptors (Lipinski definition) is 4. The highest BCUT2D eigenvalue weighted by atomic mass is 79.9. The Kier molecular flexibility index (Phi) is 7.14. The van der Waals surface area contributed by atoms with Crippen LogP contribution in [0.3, 0.4) is 0 Å². The van der Waals surface area contributed by atoms with Gasteiger partial charge in [0.05, 0.1) is 23.8 Å². The molecule has 22 heavy (non-hydrogen) atoms. The van der Waals surface area contributed by atoms with E-state index in [1.807, 2.05) is 36.4 Å². The van der Waals surface area contributed by atoms with Crippen molar-refractivity contribution in [3.63, 3.8) is 0 Å². The minimum Gasteiger partial charge on any atom is -0.245 e. The van der Waals surface area contributed by atoms with Gasteiger partial charge in [-0.25, -0.2) is 9.97 Å². The third-order valence-electron chi connectivity index (χ3n) is 2.45. The maximum atomic E-state index is 4.26. The van der Waals surface area contributed by atoms with Gasteiger partial charge in [-0.05, 0) is 56.1 Å². The second kappa shape index (κ2) is 9.12. The molecule has 0 aromatic carbocycles. The van der Waals surface area contributed by atoms with Crippen LogP contribution in [0.4, 0.5) is 0 Å². The van der Waals surface area contributed by atoms with Crippen LogP contribution in [-0.2, 0) is 11.9 Å². The zero-order chi connectivity index (χ0) is 15.8. The number of halogens is 3. The lowest BCUT2D eigenvalue weighted by atomic mass is 10.3. The van der Waals surface area contributed by atoms with Gasteiger partial charge in [-0.3, -0.25) is 0 Å². The molecule has 8 heteroatoms. The summed E-state index contributed by atoms with van der Waals surface area (Å²) in [4.78, 5) is 10.0. The Morgan fingerprint density at radius 1 is 0.818 bits per heavy atom. The number of alkyl halides is 1. The predicted octanol–water partition coefficient (Wildman–Crippen LogP) is 4.22. The summed E-state index contributed by atoms with van der Waals surface area (Å²) in [5.74, 6) is 0. The molecular weight excluding hydrogens is 478 g/mol. The van der Waals surface area contributed by atoms with Crippen molar-refractivity contribution in [1.29, 1.82) is 0 Å². The molecule has 0 aliphatic carbocycles. The minimum atomic E-state index is 0.604. The van der Waals surface area contributed by atoms with Gasteiger partial charge < -0.3 is 0 Å². The van der Waals surface area contributed by atoms with Crippen molar-refractivity contribution in [3.8, 4) is 0 Å². The van der Waals surface area contributed by atoms with Crippen LogP contribution in [0.2, 0.25) is 0 Å². The Morgan fingerprint density at radius 3 is 1.86 bits per heavy atom. The van der Waals surface area contributed by atoms with E-state index in [0.29, 0.717) is 6.54 Å². The zero-order valence-corrected chi connectivity index (χ0v) is 16.2. The van der Waals surface area contributed by atoms with Crippen molar-refractivity contribution in [1.82, 2.24) is 25.0 Å². The average molecular weight is 490 g/mol. The minimum absolute atomic E-state index is 0.604. The van der Waals surface area contributed by atoms with E-state index in [1.165, 1.54) is 0 Å². The van der Waals surface area contributed by atoms with Gasteiger partial charge in [-0.15, -0.1) is 0 Å².